The molecule has 0 amide bonds. The van der Waals surface area contributed by atoms with Gasteiger partial charge in [-0.1, -0.05) is 49.6 Å². The SMILES string of the molecule is NC(N)N(Cc1ccccc1)C1CCCCC1. The second kappa shape index (κ2) is 6.15. The van der Waals surface area contributed by atoms with Crippen molar-refractivity contribution in [3.8, 4) is 0 Å². The third-order valence-corrected chi connectivity index (χ3v) is 3.63. The van der Waals surface area contributed by atoms with E-state index in [4.69, 9.17) is 11.5 Å². The molecule has 2 rings (SSSR count). The highest BCUT2D eigenvalue weighted by molar-refractivity contribution is 5.14. The van der Waals surface area contributed by atoms with Gasteiger partial charge in [-0.25, -0.2) is 0 Å². The maximum Gasteiger partial charge on any atom is 0.109 e. The molecule has 3 nitrogen and oxygen atoms in total. The second-order valence-corrected chi connectivity index (χ2v) is 4.94. The molecule has 0 spiro atoms. The van der Waals surface area contributed by atoms with Gasteiger partial charge in [0.1, 0.15) is 6.29 Å². The molecule has 1 saturated carbocycles. The molecule has 1 aromatic carbocycles. The van der Waals surface area contributed by atoms with E-state index in [1.165, 1.54) is 37.7 Å². The number of nitrogens with zero attached hydrogens (tertiary/aromatic N) is 1. The quantitative estimate of drug-likeness (QED) is 0.782. The molecule has 0 radical (unpaired) electrons. The topological polar surface area (TPSA) is 55.3 Å². The Kier molecular flexibility index (Phi) is 4.54. The van der Waals surface area contributed by atoms with Crippen LogP contribution in [0.3, 0.4) is 0 Å². The van der Waals surface area contributed by atoms with Crippen LogP contribution in [0.1, 0.15) is 37.7 Å². The molecule has 1 aromatic rings. The van der Waals surface area contributed by atoms with Gasteiger partial charge in [0, 0.05) is 12.6 Å². The third kappa shape index (κ3) is 3.53. The van der Waals surface area contributed by atoms with Gasteiger partial charge in [0.25, 0.3) is 0 Å². The van der Waals surface area contributed by atoms with Crippen molar-refractivity contribution < 1.29 is 0 Å². The molecule has 4 N–H and O–H groups in total. The standard InChI is InChI=1S/C14H23N3/c15-14(16)17(13-9-5-2-6-10-13)11-12-7-3-1-4-8-12/h1,3-4,7-8,13-14H,2,5-6,9-11,15-16H2. The van der Waals surface area contributed by atoms with Crippen molar-refractivity contribution in [2.45, 2.75) is 51.0 Å². The summed E-state index contributed by atoms with van der Waals surface area (Å²) >= 11 is 0. The largest absolute Gasteiger partial charge is 0.304 e. The van der Waals surface area contributed by atoms with Gasteiger partial charge in [-0.15, -0.1) is 0 Å². The predicted molar refractivity (Wildman–Crippen MR) is 71.0 cm³/mol. The van der Waals surface area contributed by atoms with E-state index in [0.29, 0.717) is 6.04 Å². The third-order valence-electron chi connectivity index (χ3n) is 3.63. The fourth-order valence-corrected chi connectivity index (χ4v) is 2.68. The van der Waals surface area contributed by atoms with Crippen molar-refractivity contribution in [1.82, 2.24) is 4.90 Å². The Morgan fingerprint density at radius 1 is 1.06 bits per heavy atom. The fraction of sp³-hybridized carbons (Fsp3) is 0.571. The van der Waals surface area contributed by atoms with Crippen molar-refractivity contribution in [2.75, 3.05) is 0 Å². The van der Waals surface area contributed by atoms with Gasteiger partial charge >= 0.3 is 0 Å². The van der Waals surface area contributed by atoms with E-state index in [9.17, 15) is 0 Å². The lowest BCUT2D eigenvalue weighted by molar-refractivity contribution is 0.101. The van der Waals surface area contributed by atoms with Crippen LogP contribution in [-0.4, -0.2) is 17.2 Å². The summed E-state index contributed by atoms with van der Waals surface area (Å²) in [6.45, 7) is 0.864. The van der Waals surface area contributed by atoms with Gasteiger partial charge in [-0.3, -0.25) is 4.90 Å². The van der Waals surface area contributed by atoms with Gasteiger partial charge in [0.05, 0.1) is 0 Å². The van der Waals surface area contributed by atoms with E-state index >= 15 is 0 Å². The fourth-order valence-electron chi connectivity index (χ4n) is 2.68. The highest BCUT2D eigenvalue weighted by atomic mass is 15.3. The van der Waals surface area contributed by atoms with Gasteiger partial charge in [0.2, 0.25) is 0 Å². The van der Waals surface area contributed by atoms with Gasteiger partial charge in [-0.05, 0) is 18.4 Å². The molecule has 3 heteroatoms. The van der Waals surface area contributed by atoms with Crippen molar-refractivity contribution >= 4 is 0 Å². The van der Waals surface area contributed by atoms with Crippen LogP contribution in [0, 0.1) is 0 Å². The Labute approximate surface area is 104 Å². The van der Waals surface area contributed by atoms with Crippen molar-refractivity contribution in [2.24, 2.45) is 11.5 Å². The average molecular weight is 233 g/mol. The first kappa shape index (κ1) is 12.6. The molecule has 1 aliphatic rings. The minimum absolute atomic E-state index is 0.349. The van der Waals surface area contributed by atoms with E-state index in [1.807, 2.05) is 6.07 Å². The smallest absolute Gasteiger partial charge is 0.109 e. The molecular formula is C14H23N3. The molecule has 0 heterocycles. The maximum absolute atomic E-state index is 5.92. The molecule has 0 unspecified atom stereocenters. The summed E-state index contributed by atoms with van der Waals surface area (Å²) in [5.41, 5.74) is 13.1. The zero-order chi connectivity index (χ0) is 12.1. The first-order chi connectivity index (χ1) is 8.27. The maximum atomic E-state index is 5.92. The first-order valence-corrected chi connectivity index (χ1v) is 6.58. The minimum atomic E-state index is -0.349. The predicted octanol–water partition coefficient (Wildman–Crippen LogP) is 2.02. The monoisotopic (exact) mass is 233 g/mol. The molecule has 17 heavy (non-hydrogen) atoms. The number of hydrogen-bond donors (Lipinski definition) is 2. The van der Waals surface area contributed by atoms with Gasteiger partial charge in [-0.2, -0.15) is 0 Å². The molecule has 1 fully saturated rings. The summed E-state index contributed by atoms with van der Waals surface area (Å²) in [6.07, 6.45) is 6.09. The Bertz CT molecular complexity index is 317. The molecule has 0 saturated heterocycles. The summed E-state index contributed by atoms with van der Waals surface area (Å²) in [6, 6.07) is 11.0. The first-order valence-electron chi connectivity index (χ1n) is 6.58. The molecule has 94 valence electrons. The minimum Gasteiger partial charge on any atom is -0.304 e. The number of nitrogens with two attached hydrogens (primary N) is 2. The van der Waals surface area contributed by atoms with Crippen LogP contribution in [0.15, 0.2) is 30.3 Å². The summed E-state index contributed by atoms with van der Waals surface area (Å²) in [7, 11) is 0. The van der Waals surface area contributed by atoms with Crippen LogP contribution in [0.2, 0.25) is 0 Å². The summed E-state index contributed by atoms with van der Waals surface area (Å²) in [4.78, 5) is 2.24. The molecule has 0 aliphatic heterocycles. The summed E-state index contributed by atoms with van der Waals surface area (Å²) in [5.74, 6) is 0. The lowest BCUT2D eigenvalue weighted by Gasteiger charge is -2.36. The van der Waals surface area contributed by atoms with Crippen molar-refractivity contribution in [1.29, 1.82) is 0 Å². The Hall–Kier alpha value is -0.900. The number of benzene rings is 1. The van der Waals surface area contributed by atoms with Crippen LogP contribution in [0.5, 0.6) is 0 Å². The van der Waals surface area contributed by atoms with E-state index < -0.39 is 0 Å². The highest BCUT2D eigenvalue weighted by Crippen LogP contribution is 2.24. The summed E-state index contributed by atoms with van der Waals surface area (Å²) < 4.78 is 0. The zero-order valence-corrected chi connectivity index (χ0v) is 10.4. The number of hydrogen-bond acceptors (Lipinski definition) is 3. The number of rotatable bonds is 4. The molecule has 0 bridgehead atoms. The van der Waals surface area contributed by atoms with E-state index in [2.05, 4.69) is 29.2 Å². The van der Waals surface area contributed by atoms with E-state index in [-0.39, 0.29) is 6.29 Å². The highest BCUT2D eigenvalue weighted by Gasteiger charge is 2.23. The zero-order valence-electron chi connectivity index (χ0n) is 10.4. The molecular weight excluding hydrogens is 210 g/mol. The van der Waals surface area contributed by atoms with Crippen LogP contribution in [0.25, 0.3) is 0 Å². The molecule has 1 aliphatic carbocycles. The lowest BCUT2D eigenvalue weighted by Crippen LogP contribution is -2.53. The Morgan fingerprint density at radius 3 is 2.29 bits per heavy atom. The Morgan fingerprint density at radius 2 is 1.71 bits per heavy atom. The second-order valence-electron chi connectivity index (χ2n) is 4.94. The average Bonchev–Trinajstić information content (AvgIpc) is 2.38. The van der Waals surface area contributed by atoms with Crippen LogP contribution >= 0.6 is 0 Å². The van der Waals surface area contributed by atoms with E-state index in [0.717, 1.165) is 6.54 Å². The lowest BCUT2D eigenvalue weighted by atomic mass is 9.94. The van der Waals surface area contributed by atoms with Crippen LogP contribution in [0.4, 0.5) is 0 Å². The molecule has 0 aromatic heterocycles. The summed E-state index contributed by atoms with van der Waals surface area (Å²) in [5, 5.41) is 0. The van der Waals surface area contributed by atoms with Crippen molar-refractivity contribution in [3.05, 3.63) is 35.9 Å². The van der Waals surface area contributed by atoms with Crippen LogP contribution < -0.4 is 11.5 Å². The van der Waals surface area contributed by atoms with Gasteiger partial charge < -0.3 is 11.5 Å². The van der Waals surface area contributed by atoms with Crippen LogP contribution in [-0.2, 0) is 6.54 Å². The molecule has 0 atom stereocenters. The normalized spacial score (nSPS) is 17.9. The Balaban J connectivity index is 2.01. The van der Waals surface area contributed by atoms with Crippen molar-refractivity contribution in [3.63, 3.8) is 0 Å². The van der Waals surface area contributed by atoms with E-state index in [1.54, 1.807) is 0 Å². The van der Waals surface area contributed by atoms with Gasteiger partial charge in [0.15, 0.2) is 0 Å².